The topological polar surface area (TPSA) is 55.4 Å². The van der Waals surface area contributed by atoms with Crippen LogP contribution < -0.4 is 5.32 Å². The molecule has 0 bridgehead atoms. The number of hydrogen-bond acceptors (Lipinski definition) is 3. The standard InChI is InChI=1S/C9H12INO3/c1-6(10)4-5-11-8(12)7(2)9(13)14-3/h4-5,7H,1H2,2-3H3,(H,11,12)/b5-4-. The Labute approximate surface area is 96.5 Å². The molecule has 0 saturated carbocycles. The third kappa shape index (κ3) is 5.00. The first-order chi connectivity index (χ1) is 6.49. The first-order valence-electron chi connectivity index (χ1n) is 3.88. The van der Waals surface area contributed by atoms with Gasteiger partial charge in [-0.2, -0.15) is 0 Å². The Kier molecular flexibility index (Phi) is 6.18. The zero-order valence-electron chi connectivity index (χ0n) is 8.04. The first-order valence-corrected chi connectivity index (χ1v) is 4.96. The molecule has 0 aliphatic carbocycles. The number of halogens is 1. The second-order valence-corrected chi connectivity index (χ2v) is 3.92. The third-order valence-electron chi connectivity index (χ3n) is 1.44. The number of esters is 1. The van der Waals surface area contributed by atoms with Crippen LogP contribution in [0.1, 0.15) is 6.92 Å². The summed E-state index contributed by atoms with van der Waals surface area (Å²) in [7, 11) is 1.24. The van der Waals surface area contributed by atoms with Gasteiger partial charge in [0, 0.05) is 9.78 Å². The van der Waals surface area contributed by atoms with Crippen molar-refractivity contribution in [2.45, 2.75) is 6.92 Å². The Bertz CT molecular complexity index is 273. The summed E-state index contributed by atoms with van der Waals surface area (Å²) < 4.78 is 5.20. The zero-order valence-corrected chi connectivity index (χ0v) is 10.2. The van der Waals surface area contributed by atoms with E-state index in [9.17, 15) is 9.59 Å². The molecule has 0 rings (SSSR count). The van der Waals surface area contributed by atoms with Crippen molar-refractivity contribution in [3.63, 3.8) is 0 Å². The van der Waals surface area contributed by atoms with Gasteiger partial charge in [-0.25, -0.2) is 0 Å². The van der Waals surface area contributed by atoms with Crippen molar-refractivity contribution in [2.75, 3.05) is 7.11 Å². The number of carbonyl (C=O) groups is 2. The van der Waals surface area contributed by atoms with Crippen LogP contribution in [-0.4, -0.2) is 19.0 Å². The van der Waals surface area contributed by atoms with E-state index in [-0.39, 0.29) is 0 Å². The summed E-state index contributed by atoms with van der Waals surface area (Å²) in [6.07, 6.45) is 3.07. The van der Waals surface area contributed by atoms with E-state index >= 15 is 0 Å². The molecule has 4 nitrogen and oxygen atoms in total. The Morgan fingerprint density at radius 1 is 1.57 bits per heavy atom. The molecule has 14 heavy (non-hydrogen) atoms. The molecular formula is C9H12INO3. The molecule has 0 radical (unpaired) electrons. The minimum atomic E-state index is -0.799. The normalized spacial score (nSPS) is 12.2. The molecule has 0 aromatic carbocycles. The minimum Gasteiger partial charge on any atom is -0.468 e. The van der Waals surface area contributed by atoms with Gasteiger partial charge >= 0.3 is 5.97 Å². The zero-order chi connectivity index (χ0) is 11.1. The molecule has 0 saturated heterocycles. The summed E-state index contributed by atoms with van der Waals surface area (Å²) in [4.78, 5) is 22.2. The first kappa shape index (κ1) is 13.2. The van der Waals surface area contributed by atoms with Crippen molar-refractivity contribution < 1.29 is 14.3 Å². The molecule has 1 amide bonds. The van der Waals surface area contributed by atoms with Crippen molar-refractivity contribution in [3.8, 4) is 0 Å². The Morgan fingerprint density at radius 3 is 2.57 bits per heavy atom. The fourth-order valence-corrected chi connectivity index (χ4v) is 0.803. The second-order valence-electron chi connectivity index (χ2n) is 2.53. The smallest absolute Gasteiger partial charge is 0.317 e. The molecule has 5 heteroatoms. The highest BCUT2D eigenvalue weighted by Gasteiger charge is 2.20. The van der Waals surface area contributed by atoms with E-state index in [0.29, 0.717) is 0 Å². The van der Waals surface area contributed by atoms with Crippen LogP contribution in [0.4, 0.5) is 0 Å². The molecule has 0 fully saturated rings. The van der Waals surface area contributed by atoms with Crippen LogP contribution in [0.3, 0.4) is 0 Å². The molecule has 78 valence electrons. The number of ether oxygens (including phenoxy) is 1. The molecular weight excluding hydrogens is 297 g/mol. The van der Waals surface area contributed by atoms with Gasteiger partial charge in [0.15, 0.2) is 0 Å². The molecule has 0 spiro atoms. The maximum absolute atomic E-state index is 11.2. The van der Waals surface area contributed by atoms with Gasteiger partial charge in [0.1, 0.15) is 5.92 Å². The lowest BCUT2D eigenvalue weighted by molar-refractivity contribution is -0.148. The maximum Gasteiger partial charge on any atom is 0.317 e. The highest BCUT2D eigenvalue weighted by molar-refractivity contribution is 14.1. The lowest BCUT2D eigenvalue weighted by Gasteiger charge is -2.06. The van der Waals surface area contributed by atoms with Gasteiger partial charge in [-0.3, -0.25) is 9.59 Å². The summed E-state index contributed by atoms with van der Waals surface area (Å²) in [6.45, 7) is 5.09. The second kappa shape index (κ2) is 6.58. The molecule has 1 unspecified atom stereocenters. The van der Waals surface area contributed by atoms with E-state index < -0.39 is 17.8 Å². The average molecular weight is 309 g/mol. The average Bonchev–Trinajstić information content (AvgIpc) is 2.14. The summed E-state index contributed by atoms with van der Waals surface area (Å²) in [5.41, 5.74) is 0. The van der Waals surface area contributed by atoms with Gasteiger partial charge in [-0.1, -0.05) is 6.58 Å². The number of rotatable bonds is 4. The van der Waals surface area contributed by atoms with Crippen molar-refractivity contribution in [2.24, 2.45) is 5.92 Å². The highest BCUT2D eigenvalue weighted by atomic mass is 127. The Hall–Kier alpha value is -0.850. The monoisotopic (exact) mass is 309 g/mol. The minimum absolute atomic E-state index is 0.397. The molecule has 0 aliphatic heterocycles. The lowest BCUT2D eigenvalue weighted by Crippen LogP contribution is -2.31. The van der Waals surface area contributed by atoms with Crippen molar-refractivity contribution in [1.82, 2.24) is 5.32 Å². The van der Waals surface area contributed by atoms with Crippen LogP contribution in [0, 0.1) is 5.92 Å². The van der Waals surface area contributed by atoms with Crippen LogP contribution >= 0.6 is 22.6 Å². The Balaban J connectivity index is 4.09. The molecule has 1 atom stereocenters. The molecule has 0 aromatic rings. The van der Waals surface area contributed by atoms with Gasteiger partial charge < -0.3 is 10.1 Å². The summed E-state index contributed by atoms with van der Waals surface area (Å²) in [5.74, 6) is -1.75. The summed E-state index contributed by atoms with van der Waals surface area (Å²) >= 11 is 2.00. The van der Waals surface area contributed by atoms with E-state index in [1.54, 1.807) is 6.08 Å². The van der Waals surface area contributed by atoms with Gasteiger partial charge in [-0.15, -0.1) is 0 Å². The van der Waals surface area contributed by atoms with Crippen molar-refractivity contribution in [3.05, 3.63) is 22.4 Å². The van der Waals surface area contributed by atoms with Gasteiger partial charge in [0.25, 0.3) is 0 Å². The Morgan fingerprint density at radius 2 is 2.14 bits per heavy atom. The van der Waals surface area contributed by atoms with Crippen LogP contribution in [0.25, 0.3) is 0 Å². The predicted octanol–water partition coefficient (Wildman–Crippen LogP) is 1.37. The van der Waals surface area contributed by atoms with Crippen LogP contribution in [0.15, 0.2) is 22.4 Å². The van der Waals surface area contributed by atoms with E-state index in [0.717, 1.165) is 3.58 Å². The van der Waals surface area contributed by atoms with Crippen LogP contribution in [0.5, 0.6) is 0 Å². The molecule has 0 aromatic heterocycles. The molecule has 0 heterocycles. The van der Waals surface area contributed by atoms with Gasteiger partial charge in [0.05, 0.1) is 7.11 Å². The van der Waals surface area contributed by atoms with Crippen LogP contribution in [0.2, 0.25) is 0 Å². The summed E-state index contributed by atoms with van der Waals surface area (Å²) in [6, 6.07) is 0. The number of allylic oxidation sites excluding steroid dienone is 2. The van der Waals surface area contributed by atoms with E-state index in [1.165, 1.54) is 20.2 Å². The highest BCUT2D eigenvalue weighted by Crippen LogP contribution is 2.02. The number of nitrogens with one attached hydrogen (secondary N) is 1. The lowest BCUT2D eigenvalue weighted by atomic mass is 10.2. The molecule has 1 N–H and O–H groups in total. The maximum atomic E-state index is 11.2. The van der Waals surface area contributed by atoms with Gasteiger partial charge in [0.2, 0.25) is 5.91 Å². The fraction of sp³-hybridized carbons (Fsp3) is 0.333. The number of hydrogen-bond donors (Lipinski definition) is 1. The SMILES string of the molecule is C=C(I)/C=C\NC(=O)C(C)C(=O)OC. The molecule has 0 aliphatic rings. The van der Waals surface area contributed by atoms with Gasteiger partial charge in [-0.05, 0) is 35.6 Å². The summed E-state index contributed by atoms with van der Waals surface area (Å²) in [5, 5.41) is 2.44. The number of carbonyl (C=O) groups excluding carboxylic acids is 2. The number of amides is 1. The largest absolute Gasteiger partial charge is 0.468 e. The quantitative estimate of drug-likeness (QED) is 0.369. The number of methoxy groups -OCH3 is 1. The van der Waals surface area contributed by atoms with Crippen molar-refractivity contribution >= 4 is 34.5 Å². The van der Waals surface area contributed by atoms with Crippen LogP contribution in [-0.2, 0) is 14.3 Å². The van der Waals surface area contributed by atoms with Crippen molar-refractivity contribution in [1.29, 1.82) is 0 Å². The predicted molar refractivity (Wildman–Crippen MR) is 61.6 cm³/mol. The van der Waals surface area contributed by atoms with E-state index in [1.807, 2.05) is 22.6 Å². The van der Waals surface area contributed by atoms with E-state index in [4.69, 9.17) is 0 Å². The van der Waals surface area contributed by atoms with E-state index in [2.05, 4.69) is 16.6 Å². The third-order valence-corrected chi connectivity index (χ3v) is 1.80. The fourth-order valence-electron chi connectivity index (χ4n) is 0.623.